The van der Waals surface area contributed by atoms with E-state index in [1.165, 1.54) is 0 Å². The smallest absolute Gasteiger partial charge is 0.325 e. The lowest BCUT2D eigenvalue weighted by atomic mass is 10.1. The molecule has 0 aliphatic heterocycles. The maximum Gasteiger partial charge on any atom is 0.325 e. The number of nitrogens with one attached hydrogen (secondary N) is 3. The molecule has 80 valence electrons. The Labute approximate surface area is 88.2 Å². The molecule has 0 aliphatic rings. The van der Waals surface area contributed by atoms with E-state index in [-0.39, 0.29) is 5.96 Å². The van der Waals surface area contributed by atoms with Crippen LogP contribution in [-0.2, 0) is 6.42 Å². The highest BCUT2D eigenvalue weighted by atomic mass is 16.2. The quantitative estimate of drug-likeness (QED) is 0.433. The van der Waals surface area contributed by atoms with E-state index in [1.54, 1.807) is 6.07 Å². The highest BCUT2D eigenvalue weighted by Crippen LogP contribution is 2.14. The van der Waals surface area contributed by atoms with Crippen LogP contribution in [0.3, 0.4) is 0 Å². The van der Waals surface area contributed by atoms with Crippen molar-refractivity contribution in [3.05, 3.63) is 29.8 Å². The average molecular weight is 206 g/mol. The van der Waals surface area contributed by atoms with E-state index in [0.29, 0.717) is 0 Å². The molecule has 15 heavy (non-hydrogen) atoms. The van der Waals surface area contributed by atoms with E-state index in [4.69, 9.17) is 11.1 Å². The first-order chi connectivity index (χ1) is 7.13. The Hall–Kier alpha value is -2.04. The number of carbonyl (C=O) groups excluding carboxylic acids is 1. The molecule has 0 heterocycles. The number of amides is 2. The molecule has 0 fully saturated rings. The predicted octanol–water partition coefficient (Wildman–Crippen LogP) is 1.26. The molecule has 0 bridgehead atoms. The molecule has 1 aromatic carbocycles. The number of rotatable bonds is 2. The van der Waals surface area contributed by atoms with Gasteiger partial charge in [0.1, 0.15) is 0 Å². The van der Waals surface area contributed by atoms with E-state index in [1.807, 2.05) is 25.1 Å². The molecule has 2 amide bonds. The second-order valence-corrected chi connectivity index (χ2v) is 3.00. The third-order valence-corrected chi connectivity index (χ3v) is 1.89. The number of aryl methyl sites for hydroxylation is 1. The zero-order valence-electron chi connectivity index (χ0n) is 8.50. The normalized spacial score (nSPS) is 9.40. The maximum absolute atomic E-state index is 11.2. The predicted molar refractivity (Wildman–Crippen MR) is 59.9 cm³/mol. The molecule has 0 unspecified atom stereocenters. The number of anilines is 1. The number of nitrogens with two attached hydrogens (primary N) is 1. The summed E-state index contributed by atoms with van der Waals surface area (Å²) in [4.78, 5) is 11.2. The molecular weight excluding hydrogens is 192 g/mol. The van der Waals surface area contributed by atoms with E-state index >= 15 is 0 Å². The van der Waals surface area contributed by atoms with Gasteiger partial charge in [-0.15, -0.1) is 0 Å². The molecular formula is C10H14N4O. The van der Waals surface area contributed by atoms with E-state index in [2.05, 4.69) is 10.6 Å². The summed E-state index contributed by atoms with van der Waals surface area (Å²) in [5.41, 5.74) is 6.80. The molecule has 0 aromatic heterocycles. The van der Waals surface area contributed by atoms with Crippen molar-refractivity contribution in [2.75, 3.05) is 5.32 Å². The molecule has 5 N–H and O–H groups in total. The van der Waals surface area contributed by atoms with Gasteiger partial charge >= 0.3 is 6.03 Å². The number of para-hydroxylation sites is 1. The Morgan fingerprint density at radius 1 is 1.47 bits per heavy atom. The Morgan fingerprint density at radius 2 is 2.13 bits per heavy atom. The van der Waals surface area contributed by atoms with E-state index in [0.717, 1.165) is 17.7 Å². The van der Waals surface area contributed by atoms with Crippen LogP contribution >= 0.6 is 0 Å². The van der Waals surface area contributed by atoms with Crippen LogP contribution in [0.1, 0.15) is 12.5 Å². The summed E-state index contributed by atoms with van der Waals surface area (Å²) in [6.45, 7) is 2.00. The zero-order valence-corrected chi connectivity index (χ0v) is 8.50. The average Bonchev–Trinajstić information content (AvgIpc) is 2.17. The summed E-state index contributed by atoms with van der Waals surface area (Å²) in [5, 5.41) is 11.7. The molecule has 1 rings (SSSR count). The van der Waals surface area contributed by atoms with Crippen LogP contribution in [0.15, 0.2) is 24.3 Å². The molecule has 0 radical (unpaired) electrons. The topological polar surface area (TPSA) is 91.0 Å². The van der Waals surface area contributed by atoms with Crippen molar-refractivity contribution >= 4 is 17.7 Å². The van der Waals surface area contributed by atoms with Gasteiger partial charge in [-0.1, -0.05) is 25.1 Å². The maximum atomic E-state index is 11.2. The lowest BCUT2D eigenvalue weighted by Crippen LogP contribution is -2.38. The first-order valence-electron chi connectivity index (χ1n) is 4.63. The summed E-state index contributed by atoms with van der Waals surface area (Å²) in [6, 6.07) is 6.99. The van der Waals surface area contributed by atoms with Crippen LogP contribution in [-0.4, -0.2) is 12.0 Å². The van der Waals surface area contributed by atoms with Crippen molar-refractivity contribution in [1.29, 1.82) is 5.41 Å². The van der Waals surface area contributed by atoms with E-state index < -0.39 is 6.03 Å². The van der Waals surface area contributed by atoms with Gasteiger partial charge in [-0.2, -0.15) is 0 Å². The van der Waals surface area contributed by atoms with Crippen LogP contribution < -0.4 is 16.4 Å². The standard InChI is InChI=1S/C10H14N4O/c1-2-7-5-3-4-6-8(7)13-10(15)14-9(11)12/h3-6H,2H2,1H3,(H5,11,12,13,14,15). The zero-order chi connectivity index (χ0) is 11.3. The molecule has 0 aliphatic carbocycles. The van der Waals surface area contributed by atoms with Crippen LogP contribution in [0.2, 0.25) is 0 Å². The van der Waals surface area contributed by atoms with Gasteiger partial charge in [-0.05, 0) is 18.1 Å². The van der Waals surface area contributed by atoms with Gasteiger partial charge < -0.3 is 11.1 Å². The van der Waals surface area contributed by atoms with Gasteiger partial charge in [-0.3, -0.25) is 10.7 Å². The van der Waals surface area contributed by atoms with Crippen LogP contribution in [0.5, 0.6) is 0 Å². The lowest BCUT2D eigenvalue weighted by Gasteiger charge is -2.09. The third-order valence-electron chi connectivity index (χ3n) is 1.89. The Morgan fingerprint density at radius 3 is 2.73 bits per heavy atom. The summed E-state index contributed by atoms with van der Waals surface area (Å²) < 4.78 is 0. The number of guanidine groups is 1. The van der Waals surface area contributed by atoms with Gasteiger partial charge in [0.25, 0.3) is 0 Å². The van der Waals surface area contributed by atoms with Gasteiger partial charge in [0, 0.05) is 5.69 Å². The van der Waals surface area contributed by atoms with Gasteiger partial charge in [0.2, 0.25) is 0 Å². The minimum Gasteiger partial charge on any atom is -0.370 e. The number of hydrogen-bond donors (Lipinski definition) is 4. The summed E-state index contributed by atoms with van der Waals surface area (Å²) in [6.07, 6.45) is 0.830. The number of benzene rings is 1. The van der Waals surface area contributed by atoms with Gasteiger partial charge in [0.15, 0.2) is 5.96 Å². The summed E-state index contributed by atoms with van der Waals surface area (Å²) in [7, 11) is 0. The number of hydrogen-bond acceptors (Lipinski definition) is 2. The van der Waals surface area contributed by atoms with Gasteiger partial charge in [-0.25, -0.2) is 4.79 Å². The molecule has 0 saturated heterocycles. The molecule has 0 spiro atoms. The fourth-order valence-electron chi connectivity index (χ4n) is 1.23. The Balaban J connectivity index is 2.71. The monoisotopic (exact) mass is 206 g/mol. The molecule has 1 aromatic rings. The molecule has 5 nitrogen and oxygen atoms in total. The Kier molecular flexibility index (Phi) is 3.68. The third kappa shape index (κ3) is 3.30. The van der Waals surface area contributed by atoms with Crippen molar-refractivity contribution in [2.45, 2.75) is 13.3 Å². The lowest BCUT2D eigenvalue weighted by molar-refractivity contribution is 0.256. The fraction of sp³-hybridized carbons (Fsp3) is 0.200. The van der Waals surface area contributed by atoms with Gasteiger partial charge in [0.05, 0.1) is 0 Å². The van der Waals surface area contributed by atoms with Crippen molar-refractivity contribution in [2.24, 2.45) is 5.73 Å². The first kappa shape index (κ1) is 11.0. The highest BCUT2D eigenvalue weighted by Gasteiger charge is 2.04. The summed E-state index contributed by atoms with van der Waals surface area (Å²) in [5.74, 6) is -0.374. The number of carbonyl (C=O) groups is 1. The van der Waals surface area contributed by atoms with Crippen LogP contribution in [0, 0.1) is 5.41 Å². The minimum absolute atomic E-state index is 0.374. The summed E-state index contributed by atoms with van der Waals surface area (Å²) >= 11 is 0. The SMILES string of the molecule is CCc1ccccc1NC(=O)NC(=N)N. The van der Waals surface area contributed by atoms with Crippen LogP contribution in [0.25, 0.3) is 0 Å². The number of urea groups is 1. The minimum atomic E-state index is -0.497. The van der Waals surface area contributed by atoms with E-state index in [9.17, 15) is 4.79 Å². The Bertz CT molecular complexity index is 375. The van der Waals surface area contributed by atoms with Crippen molar-refractivity contribution < 1.29 is 4.79 Å². The van der Waals surface area contributed by atoms with Crippen molar-refractivity contribution in [1.82, 2.24) is 5.32 Å². The molecule has 0 atom stereocenters. The molecule has 0 saturated carbocycles. The highest BCUT2D eigenvalue weighted by molar-refractivity contribution is 6.01. The van der Waals surface area contributed by atoms with Crippen LogP contribution in [0.4, 0.5) is 10.5 Å². The second-order valence-electron chi connectivity index (χ2n) is 3.00. The first-order valence-corrected chi connectivity index (χ1v) is 4.63. The molecule has 5 heteroatoms. The second kappa shape index (κ2) is 4.99. The van der Waals surface area contributed by atoms with Crippen molar-refractivity contribution in [3.8, 4) is 0 Å². The largest absolute Gasteiger partial charge is 0.370 e. The van der Waals surface area contributed by atoms with Crippen molar-refractivity contribution in [3.63, 3.8) is 0 Å². The fourth-order valence-corrected chi connectivity index (χ4v) is 1.23.